The molecule has 27 heavy (non-hydrogen) atoms. The molecule has 2 aliphatic rings. The molecule has 2 aromatic rings. The maximum Gasteiger partial charge on any atom is 0.266 e. The van der Waals surface area contributed by atoms with Crippen molar-refractivity contribution in [2.75, 3.05) is 12.1 Å². The molecule has 0 aromatic heterocycles. The zero-order chi connectivity index (χ0) is 19.0. The van der Waals surface area contributed by atoms with Gasteiger partial charge in [-0.15, -0.1) is 0 Å². The quantitative estimate of drug-likeness (QED) is 0.489. The summed E-state index contributed by atoms with van der Waals surface area (Å²) in [7, 11) is 0. The molecule has 8 nitrogen and oxygen atoms in total. The molecule has 0 spiro atoms. The van der Waals surface area contributed by atoms with Crippen molar-refractivity contribution in [3.63, 3.8) is 0 Å². The number of amides is 3. The average molecular weight is 361 g/mol. The molecule has 2 aromatic carbocycles. The molecular weight excluding hydrogens is 350 g/mol. The molecule has 0 fully saturated rings. The first-order valence-corrected chi connectivity index (χ1v) is 7.88. The highest BCUT2D eigenvalue weighted by atomic mass is 16.7. The van der Waals surface area contributed by atoms with Crippen LogP contribution in [0.5, 0.6) is 11.5 Å². The first kappa shape index (κ1) is 16.4. The molecule has 3 amide bonds. The van der Waals surface area contributed by atoms with E-state index < -0.39 is 17.7 Å². The van der Waals surface area contributed by atoms with Gasteiger partial charge in [0.1, 0.15) is 11.6 Å². The van der Waals surface area contributed by atoms with Crippen molar-refractivity contribution in [1.82, 2.24) is 5.32 Å². The van der Waals surface area contributed by atoms with Crippen LogP contribution in [0.25, 0.3) is 6.08 Å². The molecule has 0 bridgehead atoms. The molecule has 0 aliphatic carbocycles. The largest absolute Gasteiger partial charge is 0.454 e. The number of fused-ring (bicyclic) bond motifs is 2. The van der Waals surface area contributed by atoms with Gasteiger partial charge in [-0.1, -0.05) is 12.1 Å². The lowest BCUT2D eigenvalue weighted by Gasteiger charge is -2.07. The fourth-order valence-corrected chi connectivity index (χ4v) is 2.83. The van der Waals surface area contributed by atoms with E-state index in [2.05, 4.69) is 10.6 Å². The van der Waals surface area contributed by atoms with Gasteiger partial charge in [0.25, 0.3) is 17.7 Å². The molecule has 0 atom stereocenters. The van der Waals surface area contributed by atoms with Gasteiger partial charge < -0.3 is 14.8 Å². The number of nitriles is 1. The molecule has 2 N–H and O–H groups in total. The molecule has 0 saturated heterocycles. The van der Waals surface area contributed by atoms with E-state index in [0.29, 0.717) is 17.1 Å². The van der Waals surface area contributed by atoms with Crippen LogP contribution < -0.4 is 20.1 Å². The summed E-state index contributed by atoms with van der Waals surface area (Å²) in [6, 6.07) is 11.4. The minimum absolute atomic E-state index is 0.0798. The number of benzene rings is 2. The normalized spacial score (nSPS) is 14.4. The summed E-state index contributed by atoms with van der Waals surface area (Å²) in [5.41, 5.74) is 0.827. The van der Waals surface area contributed by atoms with Gasteiger partial charge in [0.15, 0.2) is 11.5 Å². The van der Waals surface area contributed by atoms with Crippen LogP contribution in [-0.4, -0.2) is 24.5 Å². The third kappa shape index (κ3) is 2.87. The molecule has 8 heteroatoms. The van der Waals surface area contributed by atoms with Gasteiger partial charge >= 0.3 is 0 Å². The number of nitrogens with zero attached hydrogens (tertiary/aromatic N) is 1. The third-order valence-electron chi connectivity index (χ3n) is 4.08. The van der Waals surface area contributed by atoms with Crippen molar-refractivity contribution in [1.29, 1.82) is 5.26 Å². The second-order valence-electron chi connectivity index (χ2n) is 5.75. The Morgan fingerprint density at radius 1 is 1.15 bits per heavy atom. The summed E-state index contributed by atoms with van der Waals surface area (Å²) >= 11 is 0. The van der Waals surface area contributed by atoms with Crippen molar-refractivity contribution in [3.8, 4) is 17.6 Å². The standard InChI is InChI=1S/C19H11N3O5/c20-8-11(6-10-4-5-14-15(7-10)27-9-26-14)17(23)21-13-3-1-2-12-16(13)19(25)22-18(12)24/h1-7H,9H2,(H,21,23)(H,22,24,25)/b11-6-. The minimum atomic E-state index is -0.698. The van der Waals surface area contributed by atoms with Crippen molar-refractivity contribution < 1.29 is 23.9 Å². The molecule has 2 aliphatic heterocycles. The number of rotatable bonds is 3. The van der Waals surface area contributed by atoms with Crippen LogP contribution in [0.15, 0.2) is 42.0 Å². The maximum absolute atomic E-state index is 12.5. The molecule has 2 heterocycles. The second-order valence-corrected chi connectivity index (χ2v) is 5.75. The van der Waals surface area contributed by atoms with E-state index in [9.17, 15) is 19.6 Å². The lowest BCUT2D eigenvalue weighted by atomic mass is 10.1. The Hall–Kier alpha value is -4.12. The number of hydrogen-bond acceptors (Lipinski definition) is 6. The fourth-order valence-electron chi connectivity index (χ4n) is 2.83. The van der Waals surface area contributed by atoms with Crippen molar-refractivity contribution in [2.45, 2.75) is 0 Å². The number of nitrogens with one attached hydrogen (secondary N) is 2. The van der Waals surface area contributed by atoms with E-state index >= 15 is 0 Å². The van der Waals surface area contributed by atoms with Gasteiger partial charge in [0.05, 0.1) is 16.8 Å². The number of hydrogen-bond donors (Lipinski definition) is 2. The van der Waals surface area contributed by atoms with Crippen LogP contribution in [0.4, 0.5) is 5.69 Å². The summed E-state index contributed by atoms with van der Waals surface area (Å²) < 4.78 is 10.5. The van der Waals surface area contributed by atoms with Crippen LogP contribution in [0.2, 0.25) is 0 Å². The van der Waals surface area contributed by atoms with Gasteiger partial charge in [-0.3, -0.25) is 19.7 Å². The molecule has 132 valence electrons. The summed E-state index contributed by atoms with van der Waals surface area (Å²) in [6.45, 7) is 0.119. The van der Waals surface area contributed by atoms with Crippen LogP contribution in [0.3, 0.4) is 0 Å². The average Bonchev–Trinajstić information content (AvgIpc) is 3.24. The first-order chi connectivity index (χ1) is 13.1. The highest BCUT2D eigenvalue weighted by molar-refractivity contribution is 6.25. The van der Waals surface area contributed by atoms with Crippen LogP contribution in [-0.2, 0) is 4.79 Å². The lowest BCUT2D eigenvalue weighted by Crippen LogP contribution is -2.21. The predicted molar refractivity (Wildman–Crippen MR) is 93.0 cm³/mol. The van der Waals surface area contributed by atoms with Gasteiger partial charge in [-0.2, -0.15) is 5.26 Å². The Bertz CT molecular complexity index is 1080. The van der Waals surface area contributed by atoms with Crippen LogP contribution in [0, 0.1) is 11.3 Å². The Labute approximate surface area is 153 Å². The second kappa shape index (κ2) is 6.31. The maximum atomic E-state index is 12.5. The predicted octanol–water partition coefficient (Wildman–Crippen LogP) is 1.84. The molecule has 0 saturated carbocycles. The number of ether oxygens (including phenoxy) is 2. The smallest absolute Gasteiger partial charge is 0.266 e. The summed E-state index contributed by atoms with van der Waals surface area (Å²) in [6.07, 6.45) is 1.39. The lowest BCUT2D eigenvalue weighted by molar-refractivity contribution is -0.112. The van der Waals surface area contributed by atoms with E-state index in [1.54, 1.807) is 24.3 Å². The zero-order valence-corrected chi connectivity index (χ0v) is 13.7. The molecule has 4 rings (SSSR count). The Kier molecular flexibility index (Phi) is 3.82. The van der Waals surface area contributed by atoms with E-state index in [4.69, 9.17) is 9.47 Å². The Balaban J connectivity index is 1.62. The molecule has 0 radical (unpaired) electrons. The number of anilines is 1. The van der Waals surface area contributed by atoms with Crippen molar-refractivity contribution in [3.05, 3.63) is 58.7 Å². The highest BCUT2D eigenvalue weighted by Gasteiger charge is 2.30. The third-order valence-corrected chi connectivity index (χ3v) is 4.08. The SMILES string of the molecule is N#C/C(=C/c1ccc2c(c1)OCO2)C(=O)Nc1cccc2c1C(=O)NC2=O. The first-order valence-electron chi connectivity index (χ1n) is 7.88. The zero-order valence-electron chi connectivity index (χ0n) is 13.7. The monoisotopic (exact) mass is 361 g/mol. The van der Waals surface area contributed by atoms with E-state index in [0.717, 1.165) is 0 Å². The van der Waals surface area contributed by atoms with Gasteiger partial charge in [-0.05, 0) is 35.9 Å². The summed E-state index contributed by atoms with van der Waals surface area (Å²) in [4.78, 5) is 36.1. The van der Waals surface area contributed by atoms with Gasteiger partial charge in [0, 0.05) is 0 Å². The van der Waals surface area contributed by atoms with E-state index in [-0.39, 0.29) is 29.2 Å². The van der Waals surface area contributed by atoms with Gasteiger partial charge in [0.2, 0.25) is 6.79 Å². The fraction of sp³-hybridized carbons (Fsp3) is 0.0526. The number of imide groups is 1. The van der Waals surface area contributed by atoms with E-state index in [1.807, 2.05) is 6.07 Å². The van der Waals surface area contributed by atoms with Crippen molar-refractivity contribution >= 4 is 29.5 Å². The van der Waals surface area contributed by atoms with Crippen LogP contribution >= 0.6 is 0 Å². The highest BCUT2D eigenvalue weighted by Crippen LogP contribution is 2.33. The number of carbonyl (C=O) groups is 3. The molecule has 0 unspecified atom stereocenters. The topological polar surface area (TPSA) is 118 Å². The van der Waals surface area contributed by atoms with Crippen molar-refractivity contribution in [2.24, 2.45) is 0 Å². The van der Waals surface area contributed by atoms with Gasteiger partial charge in [-0.25, -0.2) is 0 Å². The number of carbonyl (C=O) groups excluding carboxylic acids is 3. The molecular formula is C19H11N3O5. The summed E-state index contributed by atoms with van der Waals surface area (Å²) in [5.74, 6) is -0.703. The Morgan fingerprint density at radius 3 is 2.78 bits per heavy atom. The Morgan fingerprint density at radius 2 is 1.96 bits per heavy atom. The minimum Gasteiger partial charge on any atom is -0.454 e. The van der Waals surface area contributed by atoms with E-state index in [1.165, 1.54) is 18.2 Å². The summed E-state index contributed by atoms with van der Waals surface area (Å²) in [5, 5.41) is 14.0. The van der Waals surface area contributed by atoms with Crippen LogP contribution in [0.1, 0.15) is 26.3 Å².